The van der Waals surface area contributed by atoms with Crippen LogP contribution in [-0.2, 0) is 16.0 Å². The van der Waals surface area contributed by atoms with Gasteiger partial charge in [-0.05, 0) is 45.2 Å². The fourth-order valence-corrected chi connectivity index (χ4v) is 3.21. The highest BCUT2D eigenvalue weighted by Crippen LogP contribution is 2.13. The lowest BCUT2D eigenvalue weighted by Crippen LogP contribution is -2.58. The van der Waals surface area contributed by atoms with Crippen molar-refractivity contribution in [1.29, 1.82) is 0 Å². The van der Waals surface area contributed by atoms with E-state index in [9.17, 15) is 9.59 Å². The summed E-state index contributed by atoms with van der Waals surface area (Å²) in [5, 5.41) is 5.82. The molecule has 1 aliphatic heterocycles. The van der Waals surface area contributed by atoms with Gasteiger partial charge in [0.2, 0.25) is 11.8 Å². The Kier molecular flexibility index (Phi) is 6.37. The molecule has 132 valence electrons. The molecule has 0 spiro atoms. The zero-order valence-corrected chi connectivity index (χ0v) is 15.2. The number of rotatable bonds is 6. The summed E-state index contributed by atoms with van der Waals surface area (Å²) in [6.07, 6.45) is 1.03. The quantitative estimate of drug-likeness (QED) is 0.832. The molecule has 0 saturated carbocycles. The van der Waals surface area contributed by atoms with E-state index in [1.807, 2.05) is 0 Å². The number of piperazine rings is 1. The highest BCUT2D eigenvalue weighted by atomic mass is 16.2. The van der Waals surface area contributed by atoms with Crippen molar-refractivity contribution in [3.8, 4) is 0 Å². The molecule has 2 rings (SSSR count). The smallest absolute Gasteiger partial charge is 0.237 e. The first-order chi connectivity index (χ1) is 11.4. The average molecular weight is 331 g/mol. The largest absolute Gasteiger partial charge is 0.356 e. The molecule has 5 heteroatoms. The molecule has 0 aliphatic carbocycles. The van der Waals surface area contributed by atoms with E-state index < -0.39 is 0 Å². The van der Waals surface area contributed by atoms with E-state index in [4.69, 9.17) is 0 Å². The first kappa shape index (κ1) is 18.5. The van der Waals surface area contributed by atoms with Crippen LogP contribution in [-0.4, -0.2) is 48.4 Å². The van der Waals surface area contributed by atoms with Crippen LogP contribution in [0.25, 0.3) is 0 Å². The lowest BCUT2D eigenvalue weighted by atomic mass is 10.0. The van der Waals surface area contributed by atoms with Crippen molar-refractivity contribution in [2.45, 2.75) is 52.6 Å². The van der Waals surface area contributed by atoms with Crippen LogP contribution < -0.4 is 10.6 Å². The second-order valence-electron chi connectivity index (χ2n) is 6.87. The molecule has 24 heavy (non-hydrogen) atoms. The third kappa shape index (κ3) is 4.81. The van der Waals surface area contributed by atoms with Crippen LogP contribution in [0.2, 0.25) is 0 Å². The Balaban J connectivity index is 1.86. The van der Waals surface area contributed by atoms with Gasteiger partial charge in [-0.1, -0.05) is 23.8 Å². The Morgan fingerprint density at radius 2 is 2.12 bits per heavy atom. The topological polar surface area (TPSA) is 61.4 Å². The SMILES string of the molecule is Cc1ccc(C)c(CCNC(=O)CC2C(=O)NCCN2C(C)C)c1. The van der Waals surface area contributed by atoms with Crippen LogP contribution >= 0.6 is 0 Å². The molecule has 1 aromatic rings. The van der Waals surface area contributed by atoms with Crippen LogP contribution in [0.1, 0.15) is 37.0 Å². The summed E-state index contributed by atoms with van der Waals surface area (Å²) in [6, 6.07) is 6.26. The van der Waals surface area contributed by atoms with Crippen LogP contribution in [0.4, 0.5) is 0 Å². The molecule has 0 aromatic heterocycles. The van der Waals surface area contributed by atoms with Crippen LogP contribution in [0.3, 0.4) is 0 Å². The van der Waals surface area contributed by atoms with Gasteiger partial charge in [-0.2, -0.15) is 0 Å². The molecule has 1 saturated heterocycles. The number of benzene rings is 1. The van der Waals surface area contributed by atoms with Crippen molar-refractivity contribution in [3.05, 3.63) is 34.9 Å². The molecule has 0 radical (unpaired) electrons. The van der Waals surface area contributed by atoms with Crippen LogP contribution in [0.15, 0.2) is 18.2 Å². The maximum Gasteiger partial charge on any atom is 0.237 e. The van der Waals surface area contributed by atoms with Crippen molar-refractivity contribution in [3.63, 3.8) is 0 Å². The predicted molar refractivity (Wildman–Crippen MR) is 95.9 cm³/mol. The second-order valence-corrected chi connectivity index (χ2v) is 6.87. The lowest BCUT2D eigenvalue weighted by molar-refractivity contribution is -0.134. The minimum absolute atomic E-state index is 0.0420. The highest BCUT2D eigenvalue weighted by molar-refractivity contribution is 5.88. The molecule has 1 fully saturated rings. The third-order valence-corrected chi connectivity index (χ3v) is 4.64. The average Bonchev–Trinajstić information content (AvgIpc) is 2.52. The molecule has 2 amide bonds. The number of carbonyl (C=O) groups is 2. The summed E-state index contributed by atoms with van der Waals surface area (Å²) in [5.41, 5.74) is 3.73. The zero-order valence-electron chi connectivity index (χ0n) is 15.2. The molecule has 2 N–H and O–H groups in total. The number of nitrogens with one attached hydrogen (secondary N) is 2. The van der Waals surface area contributed by atoms with Gasteiger partial charge in [0, 0.05) is 25.7 Å². The normalized spacial score (nSPS) is 18.5. The van der Waals surface area contributed by atoms with E-state index >= 15 is 0 Å². The molecule has 1 aromatic carbocycles. The van der Waals surface area contributed by atoms with Gasteiger partial charge in [-0.3, -0.25) is 14.5 Å². The van der Waals surface area contributed by atoms with E-state index in [1.54, 1.807) is 0 Å². The third-order valence-electron chi connectivity index (χ3n) is 4.64. The van der Waals surface area contributed by atoms with Gasteiger partial charge in [0.1, 0.15) is 0 Å². The van der Waals surface area contributed by atoms with Crippen molar-refractivity contribution >= 4 is 11.8 Å². The lowest BCUT2D eigenvalue weighted by Gasteiger charge is -2.37. The summed E-state index contributed by atoms with van der Waals surface area (Å²) in [4.78, 5) is 26.4. The molecule has 1 unspecified atom stereocenters. The standard InChI is InChI=1S/C19H29N3O2/c1-13(2)22-10-9-21-19(24)17(22)12-18(23)20-8-7-16-11-14(3)5-6-15(16)4/h5-6,11,13,17H,7-10,12H2,1-4H3,(H,20,23)(H,21,24). The Hall–Kier alpha value is -1.88. The number of amides is 2. The monoisotopic (exact) mass is 331 g/mol. The number of nitrogens with zero attached hydrogens (tertiary/aromatic N) is 1. The summed E-state index contributed by atoms with van der Waals surface area (Å²) >= 11 is 0. The highest BCUT2D eigenvalue weighted by Gasteiger charge is 2.32. The van der Waals surface area contributed by atoms with E-state index in [-0.39, 0.29) is 30.3 Å². The van der Waals surface area contributed by atoms with E-state index in [0.717, 1.165) is 13.0 Å². The second kappa shape index (κ2) is 8.29. The van der Waals surface area contributed by atoms with Gasteiger partial charge in [0.25, 0.3) is 0 Å². The number of carbonyl (C=O) groups excluding carboxylic acids is 2. The van der Waals surface area contributed by atoms with Gasteiger partial charge in [-0.15, -0.1) is 0 Å². The summed E-state index contributed by atoms with van der Waals surface area (Å²) in [5.74, 6) is -0.104. The van der Waals surface area contributed by atoms with E-state index in [0.29, 0.717) is 13.1 Å². The zero-order chi connectivity index (χ0) is 17.7. The van der Waals surface area contributed by atoms with E-state index in [1.165, 1.54) is 16.7 Å². The van der Waals surface area contributed by atoms with Gasteiger partial charge in [-0.25, -0.2) is 0 Å². The van der Waals surface area contributed by atoms with Gasteiger partial charge >= 0.3 is 0 Å². The van der Waals surface area contributed by atoms with Gasteiger partial charge < -0.3 is 10.6 Å². The fourth-order valence-electron chi connectivity index (χ4n) is 3.21. The molecule has 1 aliphatic rings. The minimum atomic E-state index is -0.362. The maximum absolute atomic E-state index is 12.2. The molecule has 5 nitrogen and oxygen atoms in total. The molecular formula is C19H29N3O2. The Morgan fingerprint density at radius 3 is 2.83 bits per heavy atom. The van der Waals surface area contributed by atoms with Crippen LogP contribution in [0.5, 0.6) is 0 Å². The van der Waals surface area contributed by atoms with Gasteiger partial charge in [0.05, 0.1) is 12.5 Å². The van der Waals surface area contributed by atoms with Crippen molar-refractivity contribution in [1.82, 2.24) is 15.5 Å². The summed E-state index contributed by atoms with van der Waals surface area (Å²) in [6.45, 7) is 10.3. The Morgan fingerprint density at radius 1 is 1.38 bits per heavy atom. The summed E-state index contributed by atoms with van der Waals surface area (Å²) < 4.78 is 0. The molecule has 1 heterocycles. The van der Waals surface area contributed by atoms with Crippen molar-refractivity contribution in [2.24, 2.45) is 0 Å². The maximum atomic E-state index is 12.2. The number of aryl methyl sites for hydroxylation is 2. The van der Waals surface area contributed by atoms with Crippen molar-refractivity contribution in [2.75, 3.05) is 19.6 Å². The Labute approximate surface area is 144 Å². The Bertz CT molecular complexity index is 598. The van der Waals surface area contributed by atoms with Crippen molar-refractivity contribution < 1.29 is 9.59 Å². The fraction of sp³-hybridized carbons (Fsp3) is 0.579. The summed E-state index contributed by atoms with van der Waals surface area (Å²) in [7, 11) is 0. The number of hydrogen-bond acceptors (Lipinski definition) is 3. The number of hydrogen-bond donors (Lipinski definition) is 2. The molecular weight excluding hydrogens is 302 g/mol. The first-order valence-electron chi connectivity index (χ1n) is 8.74. The minimum Gasteiger partial charge on any atom is -0.356 e. The molecule has 0 bridgehead atoms. The predicted octanol–water partition coefficient (Wildman–Crippen LogP) is 1.56. The first-order valence-corrected chi connectivity index (χ1v) is 8.74. The van der Waals surface area contributed by atoms with Crippen LogP contribution in [0, 0.1) is 13.8 Å². The van der Waals surface area contributed by atoms with Gasteiger partial charge in [0.15, 0.2) is 0 Å². The molecule has 1 atom stereocenters. The van der Waals surface area contributed by atoms with E-state index in [2.05, 4.69) is 61.4 Å².